The van der Waals surface area contributed by atoms with Crippen molar-refractivity contribution < 1.29 is 102 Å². The molecule has 0 fully saturated rings. The number of hydrogen-bond acceptors (Lipinski definition) is 26. The van der Waals surface area contributed by atoms with Crippen LogP contribution in [0, 0.1) is 26.1 Å². The van der Waals surface area contributed by atoms with Crippen molar-refractivity contribution in [1.82, 2.24) is 24.1 Å². The number of esters is 3. The summed E-state index contributed by atoms with van der Waals surface area (Å²) < 4.78 is 117. The first-order chi connectivity index (χ1) is 53.9. The molecule has 6 aromatic carbocycles. The molecule has 8 rings (SSSR count). The van der Waals surface area contributed by atoms with Crippen molar-refractivity contribution in [3.63, 3.8) is 0 Å². The first-order valence-electron chi connectivity index (χ1n) is 33.0. The number of carbonyl (C=O) groups is 8. The number of benzene rings is 6. The van der Waals surface area contributed by atoms with Crippen LogP contribution in [0.2, 0.25) is 0 Å². The lowest BCUT2D eigenvalue weighted by atomic mass is 10.1. The molecule has 2 aromatic heterocycles. The quantitative estimate of drug-likeness (QED) is 0.00863. The number of sulfonamides is 3. The summed E-state index contributed by atoms with van der Waals surface area (Å²) in [4.78, 5) is 95.2. The average molecular weight is 2170 g/mol. The minimum Gasteiger partial charge on any atom is -0.480 e. The van der Waals surface area contributed by atoms with E-state index >= 15 is 0 Å². The van der Waals surface area contributed by atoms with Gasteiger partial charge in [-0.15, -0.1) is 12.4 Å². The summed E-state index contributed by atoms with van der Waals surface area (Å²) >= 11 is 8.20. The highest BCUT2D eigenvalue weighted by Gasteiger charge is 2.29. The van der Waals surface area contributed by atoms with Gasteiger partial charge in [-0.25, -0.2) is 53.2 Å². The van der Waals surface area contributed by atoms with E-state index in [2.05, 4.69) is 77.4 Å². The highest BCUT2D eigenvalue weighted by Crippen LogP contribution is 2.19. The number of nitrogen functional groups attached to an aromatic ring is 2. The summed E-state index contributed by atoms with van der Waals surface area (Å²) in [5, 5.41) is 25.7. The van der Waals surface area contributed by atoms with Crippen LogP contribution in [-0.2, 0) is 94.9 Å². The fourth-order valence-electron chi connectivity index (χ4n) is 8.02. The molecule has 0 bridgehead atoms. The van der Waals surface area contributed by atoms with Crippen LogP contribution < -0.4 is 54.3 Å². The molecular formula is C72H82Cl2I4N12O22S4. The molecule has 0 aliphatic heterocycles. The maximum atomic E-state index is 12.0. The molecule has 34 nitrogen and oxygen atoms in total. The van der Waals surface area contributed by atoms with Crippen LogP contribution in [0.25, 0.3) is 0 Å². The van der Waals surface area contributed by atoms with Gasteiger partial charge in [0.15, 0.2) is 0 Å². The largest absolute Gasteiger partial charge is 0.480 e. The second-order valence-corrected chi connectivity index (χ2v) is 35.1. The number of halogens is 6. The number of aliphatic carboxylic acids is 3. The van der Waals surface area contributed by atoms with Crippen LogP contribution in [0.1, 0.15) is 76.8 Å². The summed E-state index contributed by atoms with van der Waals surface area (Å²) in [6.45, 7) is 5.66. The maximum absolute atomic E-state index is 12.0. The highest BCUT2D eigenvalue weighted by molar-refractivity contribution is 14.1. The van der Waals surface area contributed by atoms with Gasteiger partial charge >= 0.3 is 35.8 Å². The third-order valence-electron chi connectivity index (χ3n) is 13.6. The number of nitrogens with two attached hydrogens (primary N) is 7. The van der Waals surface area contributed by atoms with E-state index in [1.54, 1.807) is 130 Å². The molecule has 0 aliphatic rings. The van der Waals surface area contributed by atoms with Crippen molar-refractivity contribution in [2.75, 3.05) is 44.4 Å². The zero-order valence-corrected chi connectivity index (χ0v) is 74.9. The standard InChI is InChI=1S/C16H18N2O2.C16H14N2O2.C11H15IN2O4S.C10H11IN2O5S.C9H11IN2O4S.C6H4ClIO2S.C4H8N2O3.ClH/c2*1-2-20-16(19)13-9-6-12(7-10-13)8-11-14-4-3-5-15(17)18-14;1-2-18-11(15)10(7-13)14-19(16,17)9-5-3-8(12)4-6-9;11-6-1-3-7(4-2-6)19(17,18)13-8(10(15)16)5-9(12)14;10-6-1-3-7(4-2-6)17(15,16)12-8(5-11)9(13)14;7-11(9,10)6-3-1-5(8)2-4-6;5-2(4(8)9)1-3(6)7;/h3-7,9-10H,2,8,11H2,1H3,(H2,17,18);3-7,9-10H,2H2,1H3,(H2,17,18);3-6,10,14H,2,7,13H2,1H3;1-4,8,13H,5H2,(H2,12,14)(H,15,16);1-4,8,12H,5,11H2,(H,13,14);1-4H;2H,1,5H2,(H2,6,7)(H,8,9);1H. The van der Waals surface area contributed by atoms with Gasteiger partial charge in [0.25, 0.3) is 9.05 Å². The first-order valence-corrected chi connectivity index (χ1v) is 44.1. The zero-order valence-electron chi connectivity index (χ0n) is 61.5. The van der Waals surface area contributed by atoms with E-state index in [0.717, 1.165) is 43.9 Å². The molecule has 0 aliphatic carbocycles. The molecule has 4 atom stereocenters. The van der Waals surface area contributed by atoms with E-state index < -0.39 is 105 Å². The number of aromatic nitrogens is 2. The summed E-state index contributed by atoms with van der Waals surface area (Å²) in [6, 6.07) is 44.6. The van der Waals surface area contributed by atoms with Crippen LogP contribution in [0.15, 0.2) is 202 Å². The lowest BCUT2D eigenvalue weighted by Crippen LogP contribution is -2.46. The molecule has 8 aromatic rings. The van der Waals surface area contributed by atoms with Crippen molar-refractivity contribution in [2.45, 2.75) is 90.2 Å². The topological polar surface area (TPSA) is 606 Å². The summed E-state index contributed by atoms with van der Waals surface area (Å²) in [5.74, 6) is -0.0177. The maximum Gasteiger partial charge on any atom is 0.338 e. The number of aryl methyl sites for hydroxylation is 2. The SMILES string of the molecule is CCOC(=O)C(CN)NS(=O)(=O)c1ccc(I)cc1.CCOC(=O)c1ccc(C#Cc2cccc(N)n2)cc1.CCOC(=O)c1ccc(CCc2cccc(N)n2)cc1.Cl.NC(=O)CC(N)C(=O)O.NC(=O)CC(NS(=O)(=O)c1ccc(I)cc1)C(=O)O.NCC(NS(=O)(=O)c1ccc(I)cc1)C(=O)O.O=S(=O)(Cl)c1ccc(I)cc1. The molecule has 0 radical (unpaired) electrons. The Balaban J connectivity index is 0.000000685. The highest BCUT2D eigenvalue weighted by atomic mass is 127. The van der Waals surface area contributed by atoms with Gasteiger partial charge in [0.2, 0.25) is 41.9 Å². The van der Waals surface area contributed by atoms with Gasteiger partial charge in [-0.1, -0.05) is 30.2 Å². The van der Waals surface area contributed by atoms with Crippen molar-refractivity contribution in [3.8, 4) is 11.8 Å². The van der Waals surface area contributed by atoms with Crippen molar-refractivity contribution in [1.29, 1.82) is 0 Å². The molecule has 2 amide bonds. The Labute approximate surface area is 735 Å². The Morgan fingerprint density at radius 1 is 0.457 bits per heavy atom. The number of rotatable bonds is 28. The second kappa shape index (κ2) is 53.8. The van der Waals surface area contributed by atoms with Gasteiger partial charge in [0.05, 0.1) is 63.4 Å². The van der Waals surface area contributed by atoms with Crippen molar-refractivity contribution in [3.05, 3.63) is 230 Å². The van der Waals surface area contributed by atoms with Crippen molar-refractivity contribution in [2.24, 2.45) is 28.7 Å². The van der Waals surface area contributed by atoms with Crippen LogP contribution in [0.3, 0.4) is 0 Å². The summed E-state index contributed by atoms with van der Waals surface area (Å²) in [7, 11) is -10.1. The molecule has 2 heterocycles. The average Bonchev–Trinajstić information content (AvgIpc) is 0.831. The van der Waals surface area contributed by atoms with Crippen molar-refractivity contribution >= 4 is 212 Å². The van der Waals surface area contributed by atoms with Gasteiger partial charge in [0, 0.05) is 49.3 Å². The molecule has 628 valence electrons. The lowest BCUT2D eigenvalue weighted by Gasteiger charge is -2.15. The van der Waals surface area contributed by atoms with E-state index in [1.807, 2.05) is 78.9 Å². The van der Waals surface area contributed by atoms with Crippen LogP contribution >= 0.6 is 113 Å². The number of carboxylic acid groups (broad SMARTS) is 3. The number of carboxylic acids is 3. The summed E-state index contributed by atoms with van der Waals surface area (Å²) in [6.07, 6.45) is 0.762. The number of ether oxygens (including phenoxy) is 3. The molecule has 116 heavy (non-hydrogen) atoms. The normalized spacial score (nSPS) is 11.6. The van der Waals surface area contributed by atoms with E-state index in [0.29, 0.717) is 41.7 Å². The zero-order chi connectivity index (χ0) is 86.8. The lowest BCUT2D eigenvalue weighted by molar-refractivity contribution is -0.145. The van der Waals surface area contributed by atoms with Crippen LogP contribution in [-0.4, -0.2) is 164 Å². The number of primary amides is 2. The molecule has 0 saturated heterocycles. The van der Waals surface area contributed by atoms with Gasteiger partial charge in [-0.2, -0.15) is 14.2 Å². The smallest absolute Gasteiger partial charge is 0.338 e. The Kier molecular flexibility index (Phi) is 49.0. The second-order valence-electron chi connectivity index (χ2n) is 22.4. The Bertz CT molecular complexity index is 5100. The van der Waals surface area contributed by atoms with Gasteiger partial charge in [-0.3, -0.25) is 28.8 Å². The predicted octanol–water partition coefficient (Wildman–Crippen LogP) is 6.12. The molecule has 0 saturated carbocycles. The number of amides is 2. The molecule has 20 N–H and O–H groups in total. The molecule has 4 unspecified atom stereocenters. The van der Waals surface area contributed by atoms with E-state index in [4.69, 9.17) is 74.6 Å². The number of carbonyl (C=O) groups excluding carboxylic acids is 5. The number of pyridine rings is 2. The third-order valence-corrected chi connectivity index (χ3v) is 22.3. The number of anilines is 2. The first kappa shape index (κ1) is 106. The third kappa shape index (κ3) is 42.1. The Morgan fingerprint density at radius 2 is 0.819 bits per heavy atom. The number of nitrogens with zero attached hydrogens (tertiary/aromatic N) is 2. The Morgan fingerprint density at radius 3 is 1.16 bits per heavy atom. The fraction of sp³-hybridized carbons (Fsp3) is 0.222. The predicted molar refractivity (Wildman–Crippen MR) is 468 cm³/mol. The number of hydrogen-bond donors (Lipinski definition) is 13. The molecular weight excluding hydrogens is 2090 g/mol. The molecule has 0 spiro atoms. The monoisotopic (exact) mass is 2170 g/mol. The number of nitrogens with one attached hydrogen (secondary N) is 3. The van der Waals surface area contributed by atoms with Crippen LogP contribution in [0.4, 0.5) is 11.6 Å². The van der Waals surface area contributed by atoms with E-state index in [1.165, 1.54) is 48.5 Å². The van der Waals surface area contributed by atoms with E-state index in [-0.39, 0.29) is 70.0 Å². The summed E-state index contributed by atoms with van der Waals surface area (Å²) in [5.41, 5.74) is 40.8. The van der Waals surface area contributed by atoms with Gasteiger partial charge < -0.3 is 69.7 Å². The van der Waals surface area contributed by atoms with Gasteiger partial charge in [0.1, 0.15) is 41.5 Å². The Hall–Kier alpha value is -8.40. The van der Waals surface area contributed by atoms with Gasteiger partial charge in [-0.05, 0) is 293 Å². The minimum atomic E-state index is -4.01. The fourth-order valence-corrected chi connectivity index (χ4v) is 13.8. The molecule has 44 heteroatoms. The van der Waals surface area contributed by atoms with E-state index in [9.17, 15) is 72.0 Å². The van der Waals surface area contributed by atoms with Crippen LogP contribution in [0.5, 0.6) is 0 Å². The minimum absolute atomic E-state index is 0.